The Hall–Kier alpha value is -3.30. The summed E-state index contributed by atoms with van der Waals surface area (Å²) < 4.78 is 42.4. The van der Waals surface area contributed by atoms with Gasteiger partial charge in [0.2, 0.25) is 0 Å². The van der Waals surface area contributed by atoms with Gasteiger partial charge in [-0.1, -0.05) is 24.3 Å². The highest BCUT2D eigenvalue weighted by molar-refractivity contribution is 7.93. The summed E-state index contributed by atoms with van der Waals surface area (Å²) >= 11 is 1.22. The molecule has 0 unspecified atom stereocenters. The van der Waals surface area contributed by atoms with Crippen LogP contribution in [-0.4, -0.2) is 19.3 Å². The lowest BCUT2D eigenvalue weighted by atomic mass is 10.1. The van der Waals surface area contributed by atoms with E-state index >= 15 is 0 Å². The van der Waals surface area contributed by atoms with Crippen molar-refractivity contribution in [2.24, 2.45) is 0 Å². The Morgan fingerprint density at radius 2 is 1.94 bits per heavy atom. The van der Waals surface area contributed by atoms with Crippen LogP contribution in [0.5, 0.6) is 0 Å². The molecule has 156 valence electrons. The second kappa shape index (κ2) is 7.14. The lowest BCUT2D eigenvalue weighted by Gasteiger charge is -2.09. The van der Waals surface area contributed by atoms with E-state index in [0.29, 0.717) is 34.1 Å². The van der Waals surface area contributed by atoms with Gasteiger partial charge < -0.3 is 5.32 Å². The minimum atomic E-state index is -3.95. The molecule has 5 rings (SSSR count). The van der Waals surface area contributed by atoms with Gasteiger partial charge in [0, 0.05) is 33.3 Å². The molecule has 0 spiro atoms. The van der Waals surface area contributed by atoms with Gasteiger partial charge in [-0.2, -0.15) is 0 Å². The highest BCUT2D eigenvalue weighted by Gasteiger charge is 2.27. The second-order valence-corrected chi connectivity index (χ2v) is 9.97. The first-order chi connectivity index (χ1) is 14.8. The molecule has 4 aromatic rings. The zero-order valence-electron chi connectivity index (χ0n) is 16.3. The Morgan fingerprint density at radius 3 is 2.74 bits per heavy atom. The minimum Gasteiger partial charge on any atom is -0.321 e. The average Bonchev–Trinajstić information content (AvgIpc) is 3.22. The Bertz CT molecular complexity index is 1480. The summed E-state index contributed by atoms with van der Waals surface area (Å²) in [5.41, 5.74) is 2.51. The van der Waals surface area contributed by atoms with E-state index in [1.54, 1.807) is 37.3 Å². The van der Waals surface area contributed by atoms with Crippen molar-refractivity contribution >= 4 is 48.9 Å². The van der Waals surface area contributed by atoms with Gasteiger partial charge in [-0.3, -0.25) is 9.52 Å². The number of amides is 1. The van der Waals surface area contributed by atoms with Gasteiger partial charge in [0.15, 0.2) is 5.13 Å². The van der Waals surface area contributed by atoms with Crippen molar-refractivity contribution < 1.29 is 17.6 Å². The van der Waals surface area contributed by atoms with Gasteiger partial charge in [-0.25, -0.2) is 17.8 Å². The second-order valence-electron chi connectivity index (χ2n) is 7.23. The number of thiazole rings is 1. The quantitative estimate of drug-likeness (QED) is 0.458. The summed E-state index contributed by atoms with van der Waals surface area (Å²) in [4.78, 5) is 17.4. The van der Waals surface area contributed by atoms with Gasteiger partial charge >= 0.3 is 0 Å². The maximum atomic E-state index is 13.5. The van der Waals surface area contributed by atoms with Crippen LogP contribution in [-0.2, 0) is 16.4 Å². The number of nitrogens with zero attached hydrogens (tertiary/aromatic N) is 1. The number of hydrogen-bond acceptors (Lipinski definition) is 5. The largest absolute Gasteiger partial charge is 0.321 e. The van der Waals surface area contributed by atoms with Crippen molar-refractivity contribution in [2.45, 2.75) is 18.2 Å². The molecule has 0 radical (unpaired) electrons. The summed E-state index contributed by atoms with van der Waals surface area (Å²) in [6.45, 7) is 1.79. The third-order valence-corrected chi connectivity index (χ3v) is 7.75. The van der Waals surface area contributed by atoms with Crippen molar-refractivity contribution in [2.75, 3.05) is 10.0 Å². The molecule has 1 aromatic heterocycles. The van der Waals surface area contributed by atoms with E-state index in [9.17, 15) is 17.6 Å². The Balaban J connectivity index is 1.49. The standard InChI is InChI=1S/C22H16FN3O3S2/c1-12-18(11-13-4-2-5-14(23)10-13)30-22(24-12)26-31(28,29)19-9-8-17-20-15(19)6-3-7-16(20)21(27)25-17/h2-10H,11H2,1H3,(H,24,26)(H,25,27). The molecule has 6 nitrogen and oxygen atoms in total. The van der Waals surface area contributed by atoms with Crippen LogP contribution in [0.3, 0.4) is 0 Å². The Morgan fingerprint density at radius 1 is 1.13 bits per heavy atom. The fourth-order valence-electron chi connectivity index (χ4n) is 3.74. The number of hydrogen-bond donors (Lipinski definition) is 2. The smallest absolute Gasteiger partial charge is 0.264 e. The summed E-state index contributed by atoms with van der Waals surface area (Å²) in [6, 6.07) is 14.4. The number of rotatable bonds is 5. The van der Waals surface area contributed by atoms with Crippen LogP contribution in [0, 0.1) is 12.7 Å². The molecule has 1 aliphatic heterocycles. The lowest BCUT2D eigenvalue weighted by molar-refractivity contribution is 0.103. The zero-order chi connectivity index (χ0) is 21.8. The van der Waals surface area contributed by atoms with Crippen LogP contribution in [0.2, 0.25) is 0 Å². The molecule has 0 saturated carbocycles. The molecule has 0 fully saturated rings. The Kier molecular flexibility index (Phi) is 4.53. The first-order valence-electron chi connectivity index (χ1n) is 9.42. The van der Waals surface area contributed by atoms with E-state index in [2.05, 4.69) is 15.0 Å². The summed E-state index contributed by atoms with van der Waals surface area (Å²) in [5.74, 6) is -0.568. The van der Waals surface area contributed by atoms with E-state index in [-0.39, 0.29) is 21.8 Å². The van der Waals surface area contributed by atoms with E-state index in [1.807, 2.05) is 6.07 Å². The van der Waals surface area contributed by atoms with E-state index in [1.165, 1.54) is 29.5 Å². The molecule has 0 atom stereocenters. The average molecular weight is 454 g/mol. The molecule has 0 saturated heterocycles. The van der Waals surface area contributed by atoms with Gasteiger partial charge in [0.25, 0.3) is 15.9 Å². The SMILES string of the molecule is Cc1nc(NS(=O)(=O)c2ccc3c4c(cccc24)C(=O)N3)sc1Cc1cccc(F)c1. The number of aryl methyl sites for hydroxylation is 1. The topological polar surface area (TPSA) is 88.2 Å². The number of anilines is 2. The van der Waals surface area contributed by atoms with Crippen LogP contribution in [0.15, 0.2) is 59.5 Å². The molecule has 0 bridgehead atoms. The number of sulfonamides is 1. The fraction of sp³-hybridized carbons (Fsp3) is 0.0909. The molecule has 9 heteroatoms. The van der Waals surface area contributed by atoms with Gasteiger partial charge in [-0.15, -0.1) is 11.3 Å². The van der Waals surface area contributed by atoms with Gasteiger partial charge in [0.05, 0.1) is 10.6 Å². The third-order valence-electron chi connectivity index (χ3n) is 5.15. The van der Waals surface area contributed by atoms with E-state index < -0.39 is 10.0 Å². The number of carbonyl (C=O) groups excluding carboxylic acids is 1. The molecular weight excluding hydrogens is 437 g/mol. The van der Waals surface area contributed by atoms with Crippen LogP contribution in [0.1, 0.15) is 26.5 Å². The van der Waals surface area contributed by atoms with Crippen molar-refractivity contribution in [3.63, 3.8) is 0 Å². The fourth-order valence-corrected chi connectivity index (χ4v) is 6.17. The molecule has 1 amide bonds. The molecule has 3 aromatic carbocycles. The van der Waals surface area contributed by atoms with Crippen LogP contribution >= 0.6 is 11.3 Å². The number of halogens is 1. The van der Waals surface area contributed by atoms with Crippen molar-refractivity contribution in [1.29, 1.82) is 0 Å². The maximum absolute atomic E-state index is 13.5. The summed E-state index contributed by atoms with van der Waals surface area (Å²) in [6.07, 6.45) is 0.456. The van der Waals surface area contributed by atoms with Crippen molar-refractivity contribution in [3.8, 4) is 0 Å². The van der Waals surface area contributed by atoms with Gasteiger partial charge in [-0.05, 0) is 42.8 Å². The molecular formula is C22H16FN3O3S2. The Labute approximate surface area is 181 Å². The summed E-state index contributed by atoms with van der Waals surface area (Å²) in [7, 11) is -3.95. The van der Waals surface area contributed by atoms with Crippen LogP contribution in [0.25, 0.3) is 10.8 Å². The monoisotopic (exact) mass is 453 g/mol. The maximum Gasteiger partial charge on any atom is 0.264 e. The van der Waals surface area contributed by atoms with Crippen molar-refractivity contribution in [3.05, 3.63) is 82.1 Å². The molecule has 1 aliphatic rings. The highest BCUT2D eigenvalue weighted by Crippen LogP contribution is 2.37. The predicted molar refractivity (Wildman–Crippen MR) is 119 cm³/mol. The summed E-state index contributed by atoms with van der Waals surface area (Å²) in [5, 5.41) is 4.05. The molecule has 2 heterocycles. The predicted octanol–water partition coefficient (Wildman–Crippen LogP) is 4.70. The lowest BCUT2D eigenvalue weighted by Crippen LogP contribution is -2.13. The molecule has 0 aliphatic carbocycles. The minimum absolute atomic E-state index is 0.0733. The van der Waals surface area contributed by atoms with E-state index in [4.69, 9.17) is 0 Å². The highest BCUT2D eigenvalue weighted by atomic mass is 32.2. The first kappa shape index (κ1) is 19.7. The normalized spacial score (nSPS) is 12.9. The van der Waals surface area contributed by atoms with E-state index in [0.717, 1.165) is 10.4 Å². The number of nitrogens with one attached hydrogen (secondary N) is 2. The number of aromatic nitrogens is 1. The molecule has 2 N–H and O–H groups in total. The number of benzene rings is 3. The van der Waals surface area contributed by atoms with Crippen molar-refractivity contribution in [1.82, 2.24) is 4.98 Å². The molecule has 31 heavy (non-hydrogen) atoms. The third kappa shape index (κ3) is 3.45. The van der Waals surface area contributed by atoms with Crippen LogP contribution < -0.4 is 10.0 Å². The van der Waals surface area contributed by atoms with Gasteiger partial charge in [0.1, 0.15) is 5.82 Å². The zero-order valence-corrected chi connectivity index (χ0v) is 17.9. The number of carbonyl (C=O) groups is 1. The first-order valence-corrected chi connectivity index (χ1v) is 11.7. The van der Waals surface area contributed by atoms with Crippen LogP contribution in [0.4, 0.5) is 15.2 Å².